The number of hydrogen-bond donors (Lipinski definition) is 0. The highest BCUT2D eigenvalue weighted by atomic mass is 35.5. The normalized spacial score (nSPS) is 22.5. The van der Waals surface area contributed by atoms with Crippen LogP contribution in [0.5, 0.6) is 0 Å². The summed E-state index contributed by atoms with van der Waals surface area (Å²) in [6, 6.07) is 16.8. The quantitative estimate of drug-likeness (QED) is 0.718. The number of nitrogens with zero attached hydrogens (tertiary/aromatic N) is 1. The zero-order chi connectivity index (χ0) is 15.5. The third-order valence-electron chi connectivity index (χ3n) is 4.38. The van der Waals surface area contributed by atoms with Crippen molar-refractivity contribution in [3.8, 4) is 0 Å². The van der Waals surface area contributed by atoms with E-state index in [4.69, 9.17) is 23.2 Å². The molecule has 0 unspecified atom stereocenters. The topological polar surface area (TPSA) is 3.24 Å². The van der Waals surface area contributed by atoms with Crippen molar-refractivity contribution in [1.29, 1.82) is 0 Å². The smallest absolute Gasteiger partial charge is 0.0493 e. The molecule has 1 nitrogen and oxygen atoms in total. The maximum absolute atomic E-state index is 6.26. The van der Waals surface area contributed by atoms with E-state index in [2.05, 4.69) is 54.4 Å². The van der Waals surface area contributed by atoms with Gasteiger partial charge in [-0.05, 0) is 43.3 Å². The Bertz CT molecular complexity index is 666. The summed E-state index contributed by atoms with van der Waals surface area (Å²) in [7, 11) is 2.18. The zero-order valence-corrected chi connectivity index (χ0v) is 14.1. The first kappa shape index (κ1) is 15.6. The van der Waals surface area contributed by atoms with E-state index in [-0.39, 0.29) is 0 Å². The van der Waals surface area contributed by atoms with Crippen molar-refractivity contribution in [2.75, 3.05) is 13.6 Å². The van der Waals surface area contributed by atoms with Crippen LogP contribution in [0.1, 0.15) is 23.5 Å². The van der Waals surface area contributed by atoms with Gasteiger partial charge in [0.25, 0.3) is 0 Å². The summed E-state index contributed by atoms with van der Waals surface area (Å²) in [6.07, 6.45) is 5.56. The Morgan fingerprint density at radius 1 is 1.09 bits per heavy atom. The van der Waals surface area contributed by atoms with Crippen molar-refractivity contribution in [3.05, 3.63) is 75.8 Å². The van der Waals surface area contributed by atoms with E-state index in [9.17, 15) is 0 Å². The van der Waals surface area contributed by atoms with Crippen molar-refractivity contribution < 1.29 is 0 Å². The van der Waals surface area contributed by atoms with Gasteiger partial charge in [0.05, 0.1) is 0 Å². The lowest BCUT2D eigenvalue weighted by molar-refractivity contribution is 0.347. The molecule has 1 heterocycles. The second kappa shape index (κ2) is 6.87. The SMILES string of the molecule is CN1CC[C@H](c2ccccc2)[C@H]1C=Cc1ccc(Cl)cc1Cl. The van der Waals surface area contributed by atoms with Gasteiger partial charge in [-0.2, -0.15) is 0 Å². The van der Waals surface area contributed by atoms with Crippen LogP contribution in [0.15, 0.2) is 54.6 Å². The monoisotopic (exact) mass is 331 g/mol. The van der Waals surface area contributed by atoms with Crippen LogP contribution in [0.4, 0.5) is 0 Å². The van der Waals surface area contributed by atoms with Gasteiger partial charge in [0, 0.05) is 22.0 Å². The van der Waals surface area contributed by atoms with Crippen LogP contribution in [0.25, 0.3) is 6.08 Å². The molecule has 114 valence electrons. The Labute approximate surface area is 142 Å². The maximum atomic E-state index is 6.26. The number of likely N-dealkylation sites (tertiary alicyclic amines) is 1. The molecule has 2 aromatic carbocycles. The van der Waals surface area contributed by atoms with E-state index < -0.39 is 0 Å². The minimum atomic E-state index is 0.397. The van der Waals surface area contributed by atoms with Gasteiger partial charge in [0.15, 0.2) is 0 Å². The summed E-state index contributed by atoms with van der Waals surface area (Å²) in [5.74, 6) is 0.536. The largest absolute Gasteiger partial charge is 0.299 e. The number of rotatable bonds is 3. The maximum Gasteiger partial charge on any atom is 0.0493 e. The van der Waals surface area contributed by atoms with Crippen LogP contribution >= 0.6 is 23.2 Å². The molecule has 0 bridgehead atoms. The number of likely N-dealkylation sites (N-methyl/N-ethyl adjacent to an activating group) is 1. The van der Waals surface area contributed by atoms with Gasteiger partial charge in [-0.3, -0.25) is 4.90 Å². The summed E-state index contributed by atoms with van der Waals surface area (Å²) in [5.41, 5.74) is 2.42. The van der Waals surface area contributed by atoms with Crippen molar-refractivity contribution in [3.63, 3.8) is 0 Å². The Kier molecular flexibility index (Phi) is 4.87. The van der Waals surface area contributed by atoms with Crippen molar-refractivity contribution in [2.45, 2.75) is 18.4 Å². The van der Waals surface area contributed by atoms with Crippen molar-refractivity contribution >= 4 is 29.3 Å². The minimum Gasteiger partial charge on any atom is -0.299 e. The highest BCUT2D eigenvalue weighted by Gasteiger charge is 2.30. The van der Waals surface area contributed by atoms with Gasteiger partial charge in [-0.25, -0.2) is 0 Å². The molecule has 0 spiro atoms. The van der Waals surface area contributed by atoms with E-state index in [0.29, 0.717) is 22.0 Å². The first-order valence-corrected chi connectivity index (χ1v) is 8.29. The Balaban J connectivity index is 1.84. The van der Waals surface area contributed by atoms with Gasteiger partial charge < -0.3 is 0 Å². The van der Waals surface area contributed by atoms with Crippen LogP contribution < -0.4 is 0 Å². The highest BCUT2D eigenvalue weighted by Crippen LogP contribution is 2.34. The van der Waals surface area contributed by atoms with Crippen LogP contribution in [0.3, 0.4) is 0 Å². The van der Waals surface area contributed by atoms with Gasteiger partial charge >= 0.3 is 0 Å². The molecule has 3 rings (SSSR count). The summed E-state index contributed by atoms with van der Waals surface area (Å²) < 4.78 is 0. The molecular weight excluding hydrogens is 313 g/mol. The molecule has 0 radical (unpaired) electrons. The molecule has 0 amide bonds. The number of hydrogen-bond acceptors (Lipinski definition) is 1. The summed E-state index contributed by atoms with van der Waals surface area (Å²) in [4.78, 5) is 2.40. The molecule has 3 heteroatoms. The summed E-state index contributed by atoms with van der Waals surface area (Å²) in [5, 5.41) is 1.36. The molecule has 1 fully saturated rings. The van der Waals surface area contributed by atoms with Gasteiger partial charge in [0.1, 0.15) is 0 Å². The standard InChI is InChI=1S/C19H19Cl2N/c1-22-12-11-17(14-5-3-2-4-6-14)19(22)10-8-15-7-9-16(20)13-18(15)21/h2-10,13,17,19H,11-12H2,1H3/t17-,19-/m1/s1. The van der Waals surface area contributed by atoms with Crippen molar-refractivity contribution in [2.24, 2.45) is 0 Å². The average molecular weight is 332 g/mol. The van der Waals surface area contributed by atoms with Gasteiger partial charge in [0.2, 0.25) is 0 Å². The third kappa shape index (κ3) is 3.38. The highest BCUT2D eigenvalue weighted by molar-refractivity contribution is 6.35. The lowest BCUT2D eigenvalue weighted by atomic mass is 9.91. The molecule has 1 aliphatic heterocycles. The molecule has 0 aliphatic carbocycles. The fraction of sp³-hybridized carbons (Fsp3) is 0.263. The first-order valence-electron chi connectivity index (χ1n) is 7.53. The fourth-order valence-corrected chi connectivity index (χ4v) is 3.63. The van der Waals surface area contributed by atoms with E-state index in [1.54, 1.807) is 6.07 Å². The fourth-order valence-electron chi connectivity index (χ4n) is 3.15. The minimum absolute atomic E-state index is 0.397. The number of benzene rings is 2. The van der Waals surface area contributed by atoms with Crippen LogP contribution in [0.2, 0.25) is 10.0 Å². The van der Waals surface area contributed by atoms with Crippen LogP contribution in [0, 0.1) is 0 Å². The molecule has 0 aromatic heterocycles. The molecule has 22 heavy (non-hydrogen) atoms. The molecule has 0 N–H and O–H groups in total. The van der Waals surface area contributed by atoms with Crippen molar-refractivity contribution in [1.82, 2.24) is 4.90 Å². The van der Waals surface area contributed by atoms with E-state index >= 15 is 0 Å². The predicted octanol–water partition coefficient (Wildman–Crippen LogP) is 5.49. The molecule has 0 saturated carbocycles. The molecular formula is C19H19Cl2N. The van der Waals surface area contributed by atoms with Crippen LogP contribution in [-0.2, 0) is 0 Å². The second-order valence-electron chi connectivity index (χ2n) is 5.80. The Morgan fingerprint density at radius 2 is 1.86 bits per heavy atom. The van der Waals surface area contributed by atoms with Gasteiger partial charge in [-0.15, -0.1) is 0 Å². The molecule has 2 aromatic rings. The predicted molar refractivity (Wildman–Crippen MR) is 95.7 cm³/mol. The molecule has 1 aliphatic rings. The Hall–Kier alpha value is -1.28. The second-order valence-corrected chi connectivity index (χ2v) is 6.65. The lowest BCUT2D eigenvalue weighted by Gasteiger charge is -2.22. The van der Waals surface area contributed by atoms with Gasteiger partial charge in [-0.1, -0.05) is 71.8 Å². The third-order valence-corrected chi connectivity index (χ3v) is 4.94. The van der Waals surface area contributed by atoms with E-state index in [0.717, 1.165) is 12.1 Å². The van der Waals surface area contributed by atoms with E-state index in [1.807, 2.05) is 12.1 Å². The number of halogens is 2. The van der Waals surface area contributed by atoms with E-state index in [1.165, 1.54) is 12.0 Å². The summed E-state index contributed by atoms with van der Waals surface area (Å²) >= 11 is 12.2. The average Bonchev–Trinajstić information content (AvgIpc) is 2.88. The zero-order valence-electron chi connectivity index (χ0n) is 12.5. The summed E-state index contributed by atoms with van der Waals surface area (Å²) in [6.45, 7) is 1.11. The van der Waals surface area contributed by atoms with Crippen LogP contribution in [-0.4, -0.2) is 24.5 Å². The molecule has 1 saturated heterocycles. The molecule has 2 atom stereocenters. The Morgan fingerprint density at radius 3 is 2.59 bits per heavy atom. The first-order chi connectivity index (χ1) is 10.6. The lowest BCUT2D eigenvalue weighted by Crippen LogP contribution is -2.26.